The molecular weight excluding hydrogens is 354 g/mol. The van der Waals surface area contributed by atoms with Gasteiger partial charge in [0.2, 0.25) is 0 Å². The summed E-state index contributed by atoms with van der Waals surface area (Å²) in [6.07, 6.45) is 1.84. The standard InChI is InChI=1S/C22H25N3OS/c1-15-6-5-7-16(2)20(15)24-21(26)19-10-8-18(9-11-19)14-25(4)17(3)22-23-12-13-27-22/h5-13,17H,14H2,1-4H3,(H,24,26)/t17-/m0/s1. The van der Waals surface area contributed by atoms with Crippen molar-refractivity contribution in [2.24, 2.45) is 0 Å². The SMILES string of the molecule is Cc1cccc(C)c1NC(=O)c1ccc(CN(C)[C@@H](C)c2nccs2)cc1. The van der Waals surface area contributed by atoms with Crippen LogP contribution in [0.15, 0.2) is 54.0 Å². The van der Waals surface area contributed by atoms with Crippen LogP contribution < -0.4 is 5.32 Å². The highest BCUT2D eigenvalue weighted by Crippen LogP contribution is 2.23. The van der Waals surface area contributed by atoms with Crippen molar-refractivity contribution in [2.45, 2.75) is 33.4 Å². The lowest BCUT2D eigenvalue weighted by Gasteiger charge is -2.23. The van der Waals surface area contributed by atoms with Crippen molar-refractivity contribution >= 4 is 22.9 Å². The molecule has 27 heavy (non-hydrogen) atoms. The van der Waals surface area contributed by atoms with E-state index in [-0.39, 0.29) is 11.9 Å². The lowest BCUT2D eigenvalue weighted by molar-refractivity contribution is 0.102. The van der Waals surface area contributed by atoms with Gasteiger partial charge in [-0.25, -0.2) is 4.98 Å². The van der Waals surface area contributed by atoms with Gasteiger partial charge in [-0.2, -0.15) is 0 Å². The van der Waals surface area contributed by atoms with Gasteiger partial charge in [0.25, 0.3) is 5.91 Å². The summed E-state index contributed by atoms with van der Waals surface area (Å²) in [6.45, 7) is 6.97. The summed E-state index contributed by atoms with van der Waals surface area (Å²) >= 11 is 1.67. The van der Waals surface area contributed by atoms with Gasteiger partial charge in [-0.15, -0.1) is 11.3 Å². The first-order chi connectivity index (χ1) is 13.0. The van der Waals surface area contributed by atoms with Crippen molar-refractivity contribution in [3.63, 3.8) is 0 Å². The second kappa shape index (κ2) is 8.46. The number of nitrogens with zero attached hydrogens (tertiary/aromatic N) is 2. The van der Waals surface area contributed by atoms with Gasteiger partial charge >= 0.3 is 0 Å². The van der Waals surface area contributed by atoms with Gasteiger partial charge in [-0.1, -0.05) is 30.3 Å². The first-order valence-electron chi connectivity index (χ1n) is 9.02. The molecule has 4 nitrogen and oxygen atoms in total. The molecular formula is C22H25N3OS. The Labute approximate surface area is 164 Å². The van der Waals surface area contributed by atoms with E-state index in [1.807, 2.05) is 67.9 Å². The largest absolute Gasteiger partial charge is 0.322 e. The molecule has 140 valence electrons. The highest BCUT2D eigenvalue weighted by molar-refractivity contribution is 7.09. The average Bonchev–Trinajstić information content (AvgIpc) is 3.19. The summed E-state index contributed by atoms with van der Waals surface area (Å²) in [5.41, 5.74) is 4.86. The van der Waals surface area contributed by atoms with E-state index in [9.17, 15) is 4.79 Å². The number of carbonyl (C=O) groups excluding carboxylic acids is 1. The third kappa shape index (κ3) is 4.62. The Kier molecular flexibility index (Phi) is 6.04. The molecule has 5 heteroatoms. The van der Waals surface area contributed by atoms with E-state index in [4.69, 9.17) is 0 Å². The minimum atomic E-state index is -0.0801. The Morgan fingerprint density at radius 1 is 1.15 bits per heavy atom. The number of para-hydroxylation sites is 1. The molecule has 3 aromatic rings. The number of benzene rings is 2. The molecule has 0 saturated heterocycles. The quantitative estimate of drug-likeness (QED) is 0.640. The minimum Gasteiger partial charge on any atom is -0.322 e. The monoisotopic (exact) mass is 379 g/mol. The predicted octanol–water partition coefficient (Wildman–Crippen LogP) is 5.21. The summed E-state index contributed by atoms with van der Waals surface area (Å²) in [6, 6.07) is 14.1. The number of rotatable bonds is 6. The first kappa shape index (κ1) is 19.3. The van der Waals surface area contributed by atoms with Crippen molar-refractivity contribution in [3.05, 3.63) is 81.3 Å². The van der Waals surface area contributed by atoms with Crippen LogP contribution in [0, 0.1) is 13.8 Å². The van der Waals surface area contributed by atoms with Crippen LogP contribution in [-0.4, -0.2) is 22.8 Å². The van der Waals surface area contributed by atoms with E-state index >= 15 is 0 Å². The van der Waals surface area contributed by atoms with Crippen LogP contribution in [0.4, 0.5) is 5.69 Å². The predicted molar refractivity (Wildman–Crippen MR) is 112 cm³/mol. The van der Waals surface area contributed by atoms with E-state index in [1.54, 1.807) is 11.3 Å². The van der Waals surface area contributed by atoms with Gasteiger partial charge in [-0.3, -0.25) is 9.69 Å². The molecule has 0 radical (unpaired) electrons. The molecule has 0 aliphatic carbocycles. The third-order valence-electron chi connectivity index (χ3n) is 4.84. The number of hydrogen-bond acceptors (Lipinski definition) is 4. The number of aromatic nitrogens is 1. The number of hydrogen-bond donors (Lipinski definition) is 1. The Balaban J connectivity index is 1.65. The Morgan fingerprint density at radius 3 is 2.41 bits per heavy atom. The molecule has 1 atom stereocenters. The Hall–Kier alpha value is -2.50. The van der Waals surface area contributed by atoms with Gasteiger partial charge in [0.05, 0.1) is 6.04 Å². The third-order valence-corrected chi connectivity index (χ3v) is 5.78. The number of aryl methyl sites for hydroxylation is 2. The maximum Gasteiger partial charge on any atom is 0.255 e. The van der Waals surface area contributed by atoms with Gasteiger partial charge in [0, 0.05) is 29.4 Å². The van der Waals surface area contributed by atoms with Crippen molar-refractivity contribution in [2.75, 3.05) is 12.4 Å². The minimum absolute atomic E-state index is 0.0801. The van der Waals surface area contributed by atoms with Crippen LogP contribution in [0.25, 0.3) is 0 Å². The summed E-state index contributed by atoms with van der Waals surface area (Å²) in [5, 5.41) is 6.15. The van der Waals surface area contributed by atoms with Gasteiger partial charge in [0.1, 0.15) is 5.01 Å². The van der Waals surface area contributed by atoms with E-state index in [0.717, 1.165) is 28.4 Å². The molecule has 1 aromatic heterocycles. The zero-order valence-electron chi connectivity index (χ0n) is 16.2. The van der Waals surface area contributed by atoms with Crippen molar-refractivity contribution < 1.29 is 4.79 Å². The number of nitrogens with one attached hydrogen (secondary N) is 1. The molecule has 0 aliphatic rings. The molecule has 3 rings (SSSR count). The fraction of sp³-hybridized carbons (Fsp3) is 0.273. The van der Waals surface area contributed by atoms with Crippen LogP contribution in [0.2, 0.25) is 0 Å². The second-order valence-corrected chi connectivity index (χ2v) is 7.81. The molecule has 0 bridgehead atoms. The van der Waals surface area contributed by atoms with Gasteiger partial charge < -0.3 is 5.32 Å². The highest BCUT2D eigenvalue weighted by Gasteiger charge is 2.15. The van der Waals surface area contributed by atoms with Crippen LogP contribution in [0.3, 0.4) is 0 Å². The second-order valence-electron chi connectivity index (χ2n) is 6.88. The highest BCUT2D eigenvalue weighted by atomic mass is 32.1. The maximum absolute atomic E-state index is 12.6. The summed E-state index contributed by atoms with van der Waals surface area (Å²) in [7, 11) is 2.09. The fourth-order valence-electron chi connectivity index (χ4n) is 3.01. The molecule has 2 aromatic carbocycles. The first-order valence-corrected chi connectivity index (χ1v) is 9.90. The zero-order chi connectivity index (χ0) is 19.4. The summed E-state index contributed by atoms with van der Waals surface area (Å²) in [5.74, 6) is -0.0801. The smallest absolute Gasteiger partial charge is 0.255 e. The number of amides is 1. The molecule has 0 aliphatic heterocycles. The van der Waals surface area contributed by atoms with Crippen LogP contribution in [0.5, 0.6) is 0 Å². The van der Waals surface area contributed by atoms with Crippen molar-refractivity contribution in [3.8, 4) is 0 Å². The van der Waals surface area contributed by atoms with E-state index < -0.39 is 0 Å². The molecule has 0 fully saturated rings. The summed E-state index contributed by atoms with van der Waals surface area (Å²) < 4.78 is 0. The molecule has 0 spiro atoms. The number of carbonyl (C=O) groups is 1. The Bertz CT molecular complexity index is 884. The van der Waals surface area contributed by atoms with E-state index in [1.165, 1.54) is 5.56 Å². The number of anilines is 1. The van der Waals surface area contributed by atoms with E-state index in [0.29, 0.717) is 5.56 Å². The molecule has 1 N–H and O–H groups in total. The summed E-state index contributed by atoms with van der Waals surface area (Å²) in [4.78, 5) is 19.2. The maximum atomic E-state index is 12.6. The van der Waals surface area contributed by atoms with Crippen molar-refractivity contribution in [1.29, 1.82) is 0 Å². The van der Waals surface area contributed by atoms with Crippen LogP contribution >= 0.6 is 11.3 Å². The van der Waals surface area contributed by atoms with Crippen LogP contribution in [0.1, 0.15) is 45.0 Å². The molecule has 0 unspecified atom stereocenters. The van der Waals surface area contributed by atoms with Gasteiger partial charge in [-0.05, 0) is 56.6 Å². The number of thiazole rings is 1. The topological polar surface area (TPSA) is 45.2 Å². The van der Waals surface area contributed by atoms with Gasteiger partial charge in [0.15, 0.2) is 0 Å². The van der Waals surface area contributed by atoms with Crippen molar-refractivity contribution in [1.82, 2.24) is 9.88 Å². The normalized spacial score (nSPS) is 12.2. The van der Waals surface area contributed by atoms with E-state index in [2.05, 4.69) is 29.2 Å². The molecule has 1 amide bonds. The zero-order valence-corrected chi connectivity index (χ0v) is 17.0. The molecule has 1 heterocycles. The fourth-order valence-corrected chi connectivity index (χ4v) is 3.77. The average molecular weight is 380 g/mol. The Morgan fingerprint density at radius 2 is 1.81 bits per heavy atom. The lowest BCUT2D eigenvalue weighted by atomic mass is 10.1. The van der Waals surface area contributed by atoms with Crippen LogP contribution in [-0.2, 0) is 6.54 Å². The molecule has 0 saturated carbocycles. The lowest BCUT2D eigenvalue weighted by Crippen LogP contribution is -2.22.